The third kappa shape index (κ3) is 6.42. The lowest BCUT2D eigenvalue weighted by atomic mass is 10.2. The third-order valence-corrected chi connectivity index (χ3v) is 4.88. The van der Waals surface area contributed by atoms with Crippen LogP contribution in [0.25, 0.3) is 0 Å². The summed E-state index contributed by atoms with van der Waals surface area (Å²) in [4.78, 5) is 4.31. The lowest BCUT2D eigenvalue weighted by Crippen LogP contribution is -2.30. The van der Waals surface area contributed by atoms with E-state index in [-0.39, 0.29) is 24.0 Å². The van der Waals surface area contributed by atoms with Gasteiger partial charge in [-0.1, -0.05) is 18.2 Å². The number of benzene rings is 2. The maximum Gasteiger partial charge on any atom is 0.195 e. The van der Waals surface area contributed by atoms with E-state index in [1.165, 1.54) is 12.8 Å². The molecule has 0 spiro atoms. The van der Waals surface area contributed by atoms with Crippen LogP contribution in [0.4, 0.5) is 5.69 Å². The quantitative estimate of drug-likeness (QED) is 0.317. The summed E-state index contributed by atoms with van der Waals surface area (Å²) in [7, 11) is 4.99. The second kappa shape index (κ2) is 11.7. The predicted octanol–water partition coefficient (Wildman–Crippen LogP) is 4.83. The fourth-order valence-electron chi connectivity index (χ4n) is 3.36. The average Bonchev–Trinajstić information content (AvgIpc) is 3.25. The second-order valence-corrected chi connectivity index (χ2v) is 6.75. The molecule has 7 heteroatoms. The number of nitrogens with zero attached hydrogens (tertiary/aromatic N) is 1. The highest BCUT2D eigenvalue weighted by Crippen LogP contribution is 2.30. The molecular weight excluding hydrogens is 481 g/mol. The summed E-state index contributed by atoms with van der Waals surface area (Å²) >= 11 is 0. The maximum atomic E-state index is 6.22. The molecule has 1 saturated carbocycles. The van der Waals surface area contributed by atoms with E-state index >= 15 is 0 Å². The van der Waals surface area contributed by atoms with Gasteiger partial charge >= 0.3 is 0 Å². The van der Waals surface area contributed by atoms with Crippen LogP contribution in [0.3, 0.4) is 0 Å². The van der Waals surface area contributed by atoms with Gasteiger partial charge in [0.05, 0.1) is 20.3 Å². The smallest absolute Gasteiger partial charge is 0.195 e. The van der Waals surface area contributed by atoms with Crippen LogP contribution in [0, 0.1) is 0 Å². The Kier molecular flexibility index (Phi) is 9.37. The van der Waals surface area contributed by atoms with E-state index in [1.54, 1.807) is 21.3 Å². The molecule has 0 heterocycles. The minimum Gasteiger partial charge on any atom is -0.493 e. The Morgan fingerprint density at radius 2 is 1.72 bits per heavy atom. The number of aliphatic imine (C=N–C) groups is 1. The summed E-state index contributed by atoms with van der Waals surface area (Å²) in [6.07, 6.45) is 5.14. The summed E-state index contributed by atoms with van der Waals surface area (Å²) in [5, 5.41) is 6.63. The van der Waals surface area contributed by atoms with Crippen LogP contribution in [-0.4, -0.2) is 33.3 Å². The highest BCUT2D eigenvalue weighted by molar-refractivity contribution is 14.0. The summed E-state index contributed by atoms with van der Waals surface area (Å²) in [5.41, 5.74) is 1.98. The van der Waals surface area contributed by atoms with Crippen molar-refractivity contribution in [1.29, 1.82) is 0 Å². The number of hydrogen-bond acceptors (Lipinski definition) is 4. The van der Waals surface area contributed by atoms with Gasteiger partial charge in [0.2, 0.25) is 0 Å². The van der Waals surface area contributed by atoms with E-state index in [9.17, 15) is 0 Å². The molecule has 0 amide bonds. The number of nitrogens with one attached hydrogen (secondary N) is 2. The fraction of sp³-hybridized carbons (Fsp3) is 0.409. The molecule has 0 aliphatic heterocycles. The molecule has 1 aliphatic rings. The Morgan fingerprint density at radius 1 is 1.00 bits per heavy atom. The van der Waals surface area contributed by atoms with Gasteiger partial charge in [0, 0.05) is 30.9 Å². The highest BCUT2D eigenvalue weighted by Gasteiger charge is 2.17. The van der Waals surface area contributed by atoms with Crippen molar-refractivity contribution >= 4 is 35.6 Å². The maximum absolute atomic E-state index is 6.22. The molecule has 2 N–H and O–H groups in total. The molecule has 0 saturated heterocycles. The fourth-order valence-corrected chi connectivity index (χ4v) is 3.36. The number of halogens is 1. The van der Waals surface area contributed by atoms with Crippen molar-refractivity contribution in [2.45, 2.75) is 38.3 Å². The van der Waals surface area contributed by atoms with Crippen molar-refractivity contribution in [1.82, 2.24) is 5.32 Å². The molecule has 0 unspecified atom stereocenters. The van der Waals surface area contributed by atoms with Crippen LogP contribution < -0.4 is 24.8 Å². The zero-order valence-electron chi connectivity index (χ0n) is 17.2. The van der Waals surface area contributed by atoms with Crippen LogP contribution in [-0.2, 0) is 6.54 Å². The SMILES string of the molecule is CN=C(NCc1ccccc1OC1CCCC1)Nc1ccc(OC)c(OC)c1.I. The number of para-hydroxylation sites is 1. The van der Waals surface area contributed by atoms with E-state index in [2.05, 4.69) is 21.7 Å². The van der Waals surface area contributed by atoms with Gasteiger partial charge in [-0.05, 0) is 43.9 Å². The van der Waals surface area contributed by atoms with Crippen LogP contribution >= 0.6 is 24.0 Å². The van der Waals surface area contributed by atoms with Gasteiger partial charge in [0.1, 0.15) is 5.75 Å². The van der Waals surface area contributed by atoms with E-state index in [0.29, 0.717) is 30.1 Å². The third-order valence-electron chi connectivity index (χ3n) is 4.88. The number of guanidine groups is 1. The first kappa shape index (κ1) is 23.1. The lowest BCUT2D eigenvalue weighted by Gasteiger charge is -2.18. The molecule has 3 rings (SSSR count). The van der Waals surface area contributed by atoms with E-state index in [1.807, 2.05) is 36.4 Å². The van der Waals surface area contributed by atoms with Crippen LogP contribution in [0.15, 0.2) is 47.5 Å². The Labute approximate surface area is 190 Å². The van der Waals surface area contributed by atoms with Crippen molar-refractivity contribution in [3.05, 3.63) is 48.0 Å². The topological polar surface area (TPSA) is 64.1 Å². The molecule has 2 aromatic carbocycles. The molecular formula is C22H30IN3O3. The van der Waals surface area contributed by atoms with Gasteiger partial charge in [0.25, 0.3) is 0 Å². The Morgan fingerprint density at radius 3 is 2.41 bits per heavy atom. The summed E-state index contributed by atoms with van der Waals surface area (Å²) < 4.78 is 16.9. The molecule has 2 aromatic rings. The van der Waals surface area contributed by atoms with Gasteiger partial charge in [-0.2, -0.15) is 0 Å². The van der Waals surface area contributed by atoms with E-state index in [0.717, 1.165) is 29.8 Å². The Hall–Kier alpha value is -2.16. The van der Waals surface area contributed by atoms with E-state index in [4.69, 9.17) is 14.2 Å². The van der Waals surface area contributed by atoms with Crippen LogP contribution in [0.5, 0.6) is 17.2 Å². The number of rotatable bonds is 7. The number of anilines is 1. The second-order valence-electron chi connectivity index (χ2n) is 6.75. The van der Waals surface area contributed by atoms with E-state index < -0.39 is 0 Å². The molecule has 1 fully saturated rings. The first-order valence-electron chi connectivity index (χ1n) is 9.67. The minimum atomic E-state index is 0. The molecule has 0 aromatic heterocycles. The first-order valence-corrected chi connectivity index (χ1v) is 9.67. The first-order chi connectivity index (χ1) is 13.7. The van der Waals surface area contributed by atoms with Crippen molar-refractivity contribution in [2.24, 2.45) is 4.99 Å². The molecule has 6 nitrogen and oxygen atoms in total. The van der Waals surface area contributed by atoms with Crippen molar-refractivity contribution in [3.63, 3.8) is 0 Å². The summed E-state index contributed by atoms with van der Waals surface area (Å²) in [6.45, 7) is 0.621. The van der Waals surface area contributed by atoms with Gasteiger partial charge < -0.3 is 24.8 Å². The van der Waals surface area contributed by atoms with Gasteiger partial charge in [-0.3, -0.25) is 4.99 Å². The number of ether oxygens (including phenoxy) is 3. The van der Waals surface area contributed by atoms with Crippen LogP contribution in [0.2, 0.25) is 0 Å². The standard InChI is InChI=1S/C22H29N3O3.HI/c1-23-22(25-17-12-13-20(26-2)21(14-17)27-3)24-15-16-8-4-7-11-19(16)28-18-9-5-6-10-18;/h4,7-8,11-14,18H,5-6,9-10,15H2,1-3H3,(H2,23,24,25);1H. The monoisotopic (exact) mass is 511 g/mol. The largest absolute Gasteiger partial charge is 0.493 e. The van der Waals surface area contributed by atoms with Crippen molar-refractivity contribution in [2.75, 3.05) is 26.6 Å². The van der Waals surface area contributed by atoms with Gasteiger partial charge in [-0.15, -0.1) is 24.0 Å². The summed E-state index contributed by atoms with van der Waals surface area (Å²) in [5.74, 6) is 2.97. The minimum absolute atomic E-state index is 0. The lowest BCUT2D eigenvalue weighted by molar-refractivity contribution is 0.208. The molecule has 0 bridgehead atoms. The number of hydrogen-bond donors (Lipinski definition) is 2. The van der Waals surface area contributed by atoms with Crippen molar-refractivity contribution in [3.8, 4) is 17.2 Å². The van der Waals surface area contributed by atoms with Gasteiger partial charge in [-0.25, -0.2) is 0 Å². The molecule has 1 aliphatic carbocycles. The van der Waals surface area contributed by atoms with Crippen molar-refractivity contribution < 1.29 is 14.2 Å². The molecule has 0 radical (unpaired) electrons. The normalized spacial score (nSPS) is 14.1. The Balaban J connectivity index is 0.00000300. The molecule has 0 atom stereocenters. The average molecular weight is 511 g/mol. The predicted molar refractivity (Wildman–Crippen MR) is 128 cm³/mol. The summed E-state index contributed by atoms with van der Waals surface area (Å²) in [6, 6.07) is 13.8. The Bertz CT molecular complexity index is 808. The highest BCUT2D eigenvalue weighted by atomic mass is 127. The molecule has 29 heavy (non-hydrogen) atoms. The molecule has 158 valence electrons. The number of methoxy groups -OCH3 is 2. The zero-order valence-corrected chi connectivity index (χ0v) is 19.6. The zero-order chi connectivity index (χ0) is 19.8. The van der Waals surface area contributed by atoms with Crippen LogP contribution in [0.1, 0.15) is 31.2 Å². The van der Waals surface area contributed by atoms with Gasteiger partial charge in [0.15, 0.2) is 17.5 Å².